The van der Waals surface area contributed by atoms with Crippen molar-refractivity contribution in [2.75, 3.05) is 20.1 Å². The SMILES string of the molecule is CN1C[C@H]2CN(Cc3ccc(OC(F)(F)F)cc3)C(=O)N2[C@@H](Cc2ccccc2)C1=O. The van der Waals surface area contributed by atoms with Crippen molar-refractivity contribution in [3.05, 3.63) is 65.7 Å². The number of halogens is 3. The molecule has 2 aliphatic rings. The van der Waals surface area contributed by atoms with Gasteiger partial charge in [-0.2, -0.15) is 0 Å². The van der Waals surface area contributed by atoms with Crippen LogP contribution in [0.2, 0.25) is 0 Å². The highest BCUT2D eigenvalue weighted by atomic mass is 19.4. The molecule has 2 aliphatic heterocycles. The highest BCUT2D eigenvalue weighted by Gasteiger charge is 2.48. The summed E-state index contributed by atoms with van der Waals surface area (Å²) in [6.45, 7) is 1.14. The van der Waals surface area contributed by atoms with E-state index in [1.165, 1.54) is 24.3 Å². The summed E-state index contributed by atoms with van der Waals surface area (Å²) in [5, 5.41) is 0. The molecule has 0 aromatic heterocycles. The van der Waals surface area contributed by atoms with Crippen LogP contribution in [0, 0.1) is 0 Å². The summed E-state index contributed by atoms with van der Waals surface area (Å²) in [4.78, 5) is 31.0. The van der Waals surface area contributed by atoms with Crippen LogP contribution in [0.3, 0.4) is 0 Å². The summed E-state index contributed by atoms with van der Waals surface area (Å²) < 4.78 is 40.9. The lowest BCUT2D eigenvalue weighted by atomic mass is 9.99. The van der Waals surface area contributed by atoms with Crippen LogP contribution in [0.4, 0.5) is 18.0 Å². The Morgan fingerprint density at radius 3 is 2.29 bits per heavy atom. The molecule has 0 spiro atoms. The zero-order valence-electron chi connectivity index (χ0n) is 16.9. The van der Waals surface area contributed by atoms with Crippen LogP contribution in [0.25, 0.3) is 0 Å². The van der Waals surface area contributed by atoms with Gasteiger partial charge in [-0.1, -0.05) is 42.5 Å². The normalized spacial score (nSPS) is 21.5. The molecular weight excluding hydrogens is 411 g/mol. The fourth-order valence-corrected chi connectivity index (χ4v) is 4.23. The first kappa shape index (κ1) is 21.0. The maximum absolute atomic E-state index is 13.2. The Balaban J connectivity index is 1.49. The molecule has 6 nitrogen and oxygen atoms in total. The second-order valence-electron chi connectivity index (χ2n) is 7.84. The molecule has 9 heteroatoms. The molecule has 2 heterocycles. The van der Waals surface area contributed by atoms with Crippen molar-refractivity contribution in [1.82, 2.24) is 14.7 Å². The molecule has 0 aliphatic carbocycles. The molecule has 2 aromatic rings. The lowest BCUT2D eigenvalue weighted by molar-refractivity contribution is -0.274. The number of fused-ring (bicyclic) bond motifs is 1. The Hall–Kier alpha value is -3.23. The van der Waals surface area contributed by atoms with Crippen LogP contribution in [-0.4, -0.2) is 65.2 Å². The van der Waals surface area contributed by atoms with Gasteiger partial charge >= 0.3 is 12.4 Å². The molecule has 2 fully saturated rings. The molecule has 0 bridgehead atoms. The van der Waals surface area contributed by atoms with Gasteiger partial charge < -0.3 is 19.4 Å². The third-order valence-electron chi connectivity index (χ3n) is 5.60. The molecule has 31 heavy (non-hydrogen) atoms. The highest BCUT2D eigenvalue weighted by Crippen LogP contribution is 2.29. The van der Waals surface area contributed by atoms with E-state index in [-0.39, 0.29) is 30.3 Å². The second-order valence-corrected chi connectivity index (χ2v) is 7.84. The molecule has 0 saturated carbocycles. The zero-order chi connectivity index (χ0) is 22.2. The van der Waals surface area contributed by atoms with E-state index >= 15 is 0 Å². The van der Waals surface area contributed by atoms with Crippen LogP contribution in [0.5, 0.6) is 5.75 Å². The lowest BCUT2D eigenvalue weighted by Gasteiger charge is -2.40. The molecule has 164 valence electrons. The number of hydrogen-bond acceptors (Lipinski definition) is 3. The van der Waals surface area contributed by atoms with E-state index in [9.17, 15) is 22.8 Å². The summed E-state index contributed by atoms with van der Waals surface area (Å²) in [6.07, 6.45) is -4.31. The molecule has 0 N–H and O–H groups in total. The number of rotatable bonds is 5. The summed E-state index contributed by atoms with van der Waals surface area (Å²) in [5.41, 5.74) is 1.66. The van der Waals surface area contributed by atoms with Gasteiger partial charge in [-0.15, -0.1) is 13.2 Å². The van der Waals surface area contributed by atoms with Gasteiger partial charge in [0.15, 0.2) is 0 Å². The Morgan fingerprint density at radius 1 is 0.968 bits per heavy atom. The van der Waals surface area contributed by atoms with Crippen molar-refractivity contribution >= 4 is 11.9 Å². The molecule has 2 atom stereocenters. The number of urea groups is 1. The van der Waals surface area contributed by atoms with E-state index in [0.29, 0.717) is 25.1 Å². The number of carbonyl (C=O) groups excluding carboxylic acids is 2. The summed E-state index contributed by atoms with van der Waals surface area (Å²) in [5.74, 6) is -0.402. The fourth-order valence-electron chi connectivity index (χ4n) is 4.23. The molecular formula is C22H22F3N3O3. The maximum Gasteiger partial charge on any atom is 0.573 e. The first-order chi connectivity index (χ1) is 14.7. The molecule has 4 rings (SSSR count). The van der Waals surface area contributed by atoms with Crippen molar-refractivity contribution in [2.45, 2.75) is 31.4 Å². The quantitative estimate of drug-likeness (QED) is 0.727. The number of likely N-dealkylation sites (N-methyl/N-ethyl adjacent to an activating group) is 1. The topological polar surface area (TPSA) is 53.1 Å². The number of amides is 3. The minimum Gasteiger partial charge on any atom is -0.406 e. The van der Waals surface area contributed by atoms with Gasteiger partial charge in [-0.25, -0.2) is 4.79 Å². The highest BCUT2D eigenvalue weighted by molar-refractivity contribution is 5.90. The lowest BCUT2D eigenvalue weighted by Crippen LogP contribution is -2.60. The molecule has 2 saturated heterocycles. The number of benzene rings is 2. The van der Waals surface area contributed by atoms with Crippen LogP contribution < -0.4 is 4.74 Å². The van der Waals surface area contributed by atoms with Gasteiger partial charge in [0.25, 0.3) is 0 Å². The number of ether oxygens (including phenoxy) is 1. The van der Waals surface area contributed by atoms with Crippen molar-refractivity contribution in [2.24, 2.45) is 0 Å². The molecule has 2 aromatic carbocycles. The Kier molecular flexibility index (Phi) is 5.51. The Bertz CT molecular complexity index is 950. The first-order valence-electron chi connectivity index (χ1n) is 9.92. The van der Waals surface area contributed by atoms with Crippen molar-refractivity contribution in [1.29, 1.82) is 0 Å². The number of hydrogen-bond donors (Lipinski definition) is 0. The van der Waals surface area contributed by atoms with Gasteiger partial charge in [-0.3, -0.25) is 4.79 Å². The second kappa shape index (κ2) is 8.13. The first-order valence-corrected chi connectivity index (χ1v) is 9.92. The van der Waals surface area contributed by atoms with Crippen molar-refractivity contribution in [3.63, 3.8) is 0 Å². The monoisotopic (exact) mass is 433 g/mol. The van der Waals surface area contributed by atoms with Crippen LogP contribution in [0.15, 0.2) is 54.6 Å². The fraction of sp³-hybridized carbons (Fsp3) is 0.364. The Morgan fingerprint density at radius 2 is 1.65 bits per heavy atom. The van der Waals surface area contributed by atoms with Gasteiger partial charge in [0, 0.05) is 33.1 Å². The summed E-state index contributed by atoms with van der Waals surface area (Å²) in [6, 6.07) is 14.1. The minimum atomic E-state index is -4.75. The van der Waals surface area contributed by atoms with Gasteiger partial charge in [-0.05, 0) is 23.3 Å². The van der Waals surface area contributed by atoms with Crippen LogP contribution in [0.1, 0.15) is 11.1 Å². The largest absolute Gasteiger partial charge is 0.573 e. The molecule has 0 radical (unpaired) electrons. The molecule has 3 amide bonds. The number of piperazine rings is 1. The van der Waals surface area contributed by atoms with E-state index in [1.807, 2.05) is 30.3 Å². The van der Waals surface area contributed by atoms with Gasteiger partial charge in [0.05, 0.1) is 6.04 Å². The maximum atomic E-state index is 13.2. The summed E-state index contributed by atoms with van der Waals surface area (Å²) >= 11 is 0. The van der Waals surface area contributed by atoms with E-state index in [4.69, 9.17) is 0 Å². The predicted molar refractivity (Wildman–Crippen MR) is 106 cm³/mol. The van der Waals surface area contributed by atoms with Crippen LogP contribution in [-0.2, 0) is 17.8 Å². The van der Waals surface area contributed by atoms with Crippen LogP contribution >= 0.6 is 0 Å². The predicted octanol–water partition coefficient (Wildman–Crippen LogP) is 3.27. The molecule has 0 unspecified atom stereocenters. The van der Waals surface area contributed by atoms with E-state index in [2.05, 4.69) is 4.74 Å². The zero-order valence-corrected chi connectivity index (χ0v) is 16.9. The van der Waals surface area contributed by atoms with Gasteiger partial charge in [0.2, 0.25) is 5.91 Å². The minimum absolute atomic E-state index is 0.0936. The van der Waals surface area contributed by atoms with Crippen molar-refractivity contribution < 1.29 is 27.5 Å². The number of carbonyl (C=O) groups is 2. The van der Waals surface area contributed by atoms with Gasteiger partial charge in [0.1, 0.15) is 11.8 Å². The standard InChI is InChI=1S/C22H22F3N3O3/c1-26-13-17-14-27(12-16-7-9-18(10-8-16)31-22(23,24)25)21(30)28(17)19(20(26)29)11-15-5-3-2-4-6-15/h2-10,17,19H,11-14H2,1H3/t17-,19-/m0/s1. The average molecular weight is 433 g/mol. The average Bonchev–Trinajstić information content (AvgIpc) is 3.01. The van der Waals surface area contributed by atoms with E-state index < -0.39 is 12.4 Å². The number of nitrogens with zero attached hydrogens (tertiary/aromatic N) is 3. The van der Waals surface area contributed by atoms with Crippen molar-refractivity contribution in [3.8, 4) is 5.75 Å². The number of alkyl halides is 3. The smallest absolute Gasteiger partial charge is 0.406 e. The third-order valence-corrected chi connectivity index (χ3v) is 5.60. The van der Waals surface area contributed by atoms with E-state index in [0.717, 1.165) is 5.56 Å². The summed E-state index contributed by atoms with van der Waals surface area (Å²) in [7, 11) is 1.74. The van der Waals surface area contributed by atoms with E-state index in [1.54, 1.807) is 21.7 Å². The Labute approximate surface area is 177 Å². The third kappa shape index (κ3) is 4.60.